The average molecular weight is 895 g/mol. The molecule has 0 aliphatic heterocycles. The summed E-state index contributed by atoms with van der Waals surface area (Å²) in [7, 11) is 0. The van der Waals surface area contributed by atoms with E-state index in [0.29, 0.717) is 0 Å². The van der Waals surface area contributed by atoms with Gasteiger partial charge >= 0.3 is 0 Å². The maximum atomic E-state index is 6.46. The van der Waals surface area contributed by atoms with Crippen LogP contribution in [-0.4, -0.2) is 4.57 Å². The largest absolute Gasteiger partial charge is 0.455 e. The Morgan fingerprint density at radius 1 is 0.271 bits per heavy atom. The molecule has 0 fully saturated rings. The van der Waals surface area contributed by atoms with Crippen molar-refractivity contribution in [2.75, 3.05) is 4.90 Å². The first-order chi connectivity index (χ1) is 34.7. The fraction of sp³-hybridized carbons (Fsp3) is 0. The standard InChI is InChI=1S/C66H42N2O2/c1-5-25-61-55(17-1)56-18-2-6-26-62(56)68(61)52-16-10-14-47(42-52)44-31-37-50(38-32-44)67(51-39-33-45(34-40-51)53-21-11-23-59-57-19-3-7-27-63(57)69-65(53)59)49-35-29-43(30-36-49)46-13-9-15-48(41-46)54-22-12-24-60-58-20-4-8-28-64(58)70-66(54)60/h1-42H. The van der Waals surface area contributed by atoms with Gasteiger partial charge in [-0.15, -0.1) is 0 Å². The van der Waals surface area contributed by atoms with Gasteiger partial charge in [0, 0.05) is 66.2 Å². The van der Waals surface area contributed by atoms with Crippen LogP contribution in [0.2, 0.25) is 0 Å². The van der Waals surface area contributed by atoms with Gasteiger partial charge in [-0.25, -0.2) is 0 Å². The van der Waals surface area contributed by atoms with Gasteiger partial charge in [0.1, 0.15) is 22.3 Å². The molecule has 0 aliphatic carbocycles. The van der Waals surface area contributed by atoms with Crippen molar-refractivity contribution in [3.8, 4) is 50.2 Å². The Hall–Kier alpha value is -9.38. The molecule has 0 N–H and O–H groups in total. The number of hydrogen-bond donors (Lipinski definition) is 0. The predicted molar refractivity (Wildman–Crippen MR) is 292 cm³/mol. The number of rotatable bonds is 8. The maximum absolute atomic E-state index is 6.46. The summed E-state index contributed by atoms with van der Waals surface area (Å²) < 4.78 is 15.3. The van der Waals surface area contributed by atoms with Crippen LogP contribution in [0.25, 0.3) is 116 Å². The van der Waals surface area contributed by atoms with Crippen LogP contribution in [0.15, 0.2) is 264 Å². The van der Waals surface area contributed by atoms with E-state index in [1.807, 2.05) is 24.3 Å². The summed E-state index contributed by atoms with van der Waals surface area (Å²) in [5.41, 5.74) is 19.3. The molecule has 11 aromatic carbocycles. The minimum Gasteiger partial charge on any atom is -0.455 e. The third-order valence-electron chi connectivity index (χ3n) is 14.0. The number of furan rings is 2. The summed E-state index contributed by atoms with van der Waals surface area (Å²) in [6, 6.07) is 91.1. The smallest absolute Gasteiger partial charge is 0.143 e. The molecule has 0 aliphatic rings. The normalized spacial score (nSPS) is 11.7. The van der Waals surface area contributed by atoms with Crippen LogP contribution in [0.4, 0.5) is 17.1 Å². The number of benzene rings is 11. The highest BCUT2D eigenvalue weighted by molar-refractivity contribution is 6.11. The van der Waals surface area contributed by atoms with Crippen molar-refractivity contribution in [3.63, 3.8) is 0 Å². The van der Waals surface area contributed by atoms with Crippen molar-refractivity contribution in [3.05, 3.63) is 255 Å². The van der Waals surface area contributed by atoms with Crippen LogP contribution < -0.4 is 4.90 Å². The predicted octanol–water partition coefficient (Wildman–Crippen LogP) is 18.7. The van der Waals surface area contributed by atoms with Gasteiger partial charge in [-0.1, -0.05) is 176 Å². The van der Waals surface area contributed by atoms with Crippen LogP contribution in [0.3, 0.4) is 0 Å². The first kappa shape index (κ1) is 39.8. The average Bonchev–Trinajstić information content (AvgIpc) is 4.12. The van der Waals surface area contributed by atoms with Crippen LogP contribution in [0.5, 0.6) is 0 Å². The fourth-order valence-electron chi connectivity index (χ4n) is 10.7. The molecule has 0 saturated carbocycles. The Labute approximate surface area is 404 Å². The quantitative estimate of drug-likeness (QED) is 0.152. The van der Waals surface area contributed by atoms with Crippen LogP contribution in [0, 0.1) is 0 Å². The number of aromatic nitrogens is 1. The van der Waals surface area contributed by atoms with Gasteiger partial charge in [-0.05, 0) is 112 Å². The Bertz CT molecular complexity index is 4230. The van der Waals surface area contributed by atoms with Crippen molar-refractivity contribution < 1.29 is 8.83 Å². The van der Waals surface area contributed by atoms with Crippen molar-refractivity contribution in [2.24, 2.45) is 0 Å². The van der Waals surface area contributed by atoms with Crippen LogP contribution >= 0.6 is 0 Å². The molecule has 0 unspecified atom stereocenters. The van der Waals surface area contributed by atoms with E-state index >= 15 is 0 Å². The molecule has 0 bridgehead atoms. The maximum Gasteiger partial charge on any atom is 0.143 e. The van der Waals surface area contributed by atoms with E-state index in [1.165, 1.54) is 21.8 Å². The number of fused-ring (bicyclic) bond motifs is 9. The van der Waals surface area contributed by atoms with Gasteiger partial charge in [0.25, 0.3) is 0 Å². The first-order valence-electron chi connectivity index (χ1n) is 23.8. The van der Waals surface area contributed by atoms with Crippen molar-refractivity contribution in [1.29, 1.82) is 0 Å². The summed E-state index contributed by atoms with van der Waals surface area (Å²) in [6.07, 6.45) is 0. The molecule has 0 radical (unpaired) electrons. The number of para-hydroxylation sites is 6. The van der Waals surface area contributed by atoms with Crippen LogP contribution in [-0.2, 0) is 0 Å². The lowest BCUT2D eigenvalue weighted by molar-refractivity contribution is 0.669. The Kier molecular flexibility index (Phi) is 9.17. The summed E-state index contributed by atoms with van der Waals surface area (Å²) in [6.45, 7) is 0. The molecule has 3 heterocycles. The van der Waals surface area contributed by atoms with Crippen LogP contribution in [0.1, 0.15) is 0 Å². The zero-order valence-corrected chi connectivity index (χ0v) is 38.0. The van der Waals surface area contributed by atoms with Gasteiger partial charge in [0.05, 0.1) is 11.0 Å². The van der Waals surface area contributed by atoms with E-state index in [-0.39, 0.29) is 0 Å². The summed E-state index contributed by atoms with van der Waals surface area (Å²) >= 11 is 0. The Balaban J connectivity index is 0.835. The second-order valence-corrected chi connectivity index (χ2v) is 18.0. The molecule has 0 saturated heterocycles. The van der Waals surface area contributed by atoms with E-state index in [0.717, 1.165) is 111 Å². The van der Waals surface area contributed by atoms with Gasteiger partial charge in [0.15, 0.2) is 0 Å². The minimum atomic E-state index is 0.897. The SMILES string of the molecule is c1cc(-c2ccc(N(c3ccc(-c4cccc(-n5c6ccccc6c6ccccc65)c4)cc3)c3ccc(-c4cccc5c4oc4ccccc45)cc3)cc2)cc(-c2cccc3c2oc2ccccc23)c1. The molecule has 0 atom stereocenters. The van der Waals surface area contributed by atoms with Gasteiger partial charge in [-0.3, -0.25) is 0 Å². The second-order valence-electron chi connectivity index (χ2n) is 18.0. The summed E-state index contributed by atoms with van der Waals surface area (Å²) in [5.74, 6) is 0. The molecule has 0 spiro atoms. The molecule has 70 heavy (non-hydrogen) atoms. The molecule has 4 heteroatoms. The monoisotopic (exact) mass is 894 g/mol. The van der Waals surface area contributed by atoms with E-state index in [2.05, 4.69) is 240 Å². The highest BCUT2D eigenvalue weighted by atomic mass is 16.3. The van der Waals surface area contributed by atoms with Gasteiger partial charge in [-0.2, -0.15) is 0 Å². The zero-order chi connectivity index (χ0) is 46.1. The third-order valence-corrected chi connectivity index (χ3v) is 14.0. The Morgan fingerprint density at radius 2 is 0.671 bits per heavy atom. The van der Waals surface area contributed by atoms with Gasteiger partial charge < -0.3 is 18.3 Å². The molecule has 3 aromatic heterocycles. The van der Waals surface area contributed by atoms with Gasteiger partial charge in [0.2, 0.25) is 0 Å². The van der Waals surface area contributed by atoms with E-state index in [4.69, 9.17) is 8.83 Å². The molecule has 4 nitrogen and oxygen atoms in total. The first-order valence-corrected chi connectivity index (χ1v) is 23.8. The molecule has 14 aromatic rings. The molecule has 14 rings (SSSR count). The highest BCUT2D eigenvalue weighted by Crippen LogP contribution is 2.42. The lowest BCUT2D eigenvalue weighted by atomic mass is 9.97. The Morgan fingerprint density at radius 3 is 1.21 bits per heavy atom. The molecular formula is C66H42N2O2. The lowest BCUT2D eigenvalue weighted by Crippen LogP contribution is -2.09. The van der Waals surface area contributed by atoms with Crippen molar-refractivity contribution in [2.45, 2.75) is 0 Å². The van der Waals surface area contributed by atoms with Crippen molar-refractivity contribution in [1.82, 2.24) is 4.57 Å². The fourth-order valence-corrected chi connectivity index (χ4v) is 10.7. The second kappa shape index (κ2) is 16.2. The topological polar surface area (TPSA) is 34.5 Å². The molecular weight excluding hydrogens is 853 g/mol. The summed E-state index contributed by atoms with van der Waals surface area (Å²) in [5, 5.41) is 7.02. The number of nitrogens with zero attached hydrogens (tertiary/aromatic N) is 2. The number of hydrogen-bond acceptors (Lipinski definition) is 3. The molecule has 0 amide bonds. The van der Waals surface area contributed by atoms with Crippen molar-refractivity contribution >= 4 is 82.7 Å². The lowest BCUT2D eigenvalue weighted by Gasteiger charge is -2.26. The zero-order valence-electron chi connectivity index (χ0n) is 38.0. The summed E-state index contributed by atoms with van der Waals surface area (Å²) in [4.78, 5) is 2.34. The molecule has 328 valence electrons. The third kappa shape index (κ3) is 6.53. The highest BCUT2D eigenvalue weighted by Gasteiger charge is 2.18. The van der Waals surface area contributed by atoms with E-state index in [9.17, 15) is 0 Å². The van der Waals surface area contributed by atoms with E-state index in [1.54, 1.807) is 0 Å². The minimum absolute atomic E-state index is 0.897. The van der Waals surface area contributed by atoms with E-state index < -0.39 is 0 Å². The number of anilines is 3.